The molecule has 0 fully saturated rings. The van der Waals surface area contributed by atoms with Gasteiger partial charge < -0.3 is 25.1 Å². The maximum Gasteiger partial charge on any atom is 0.328 e. The quantitative estimate of drug-likeness (QED) is 0.604. The van der Waals surface area contributed by atoms with Crippen molar-refractivity contribution in [3.8, 4) is 0 Å². The van der Waals surface area contributed by atoms with E-state index < -0.39 is 24.0 Å². The molecule has 2 rings (SSSR count). The van der Waals surface area contributed by atoms with Crippen molar-refractivity contribution in [3.63, 3.8) is 0 Å². The van der Waals surface area contributed by atoms with E-state index in [9.17, 15) is 18.8 Å². The standard InChI is InChI=1S/C18H22FN3O5/c1-26-16(23)6-5-15(17(24)27-2)22-18(25)20-8-7-11-10-21-14-4-3-12(19)9-13(11)14/h3-4,9-10,15,21H,5-8H2,1-2H3,(H2,20,22,25). The number of rotatable bonds is 8. The molecule has 1 atom stereocenters. The average Bonchev–Trinajstić information content (AvgIpc) is 3.06. The van der Waals surface area contributed by atoms with Crippen molar-refractivity contribution in [3.05, 3.63) is 35.8 Å². The fraction of sp³-hybridized carbons (Fsp3) is 0.389. The van der Waals surface area contributed by atoms with Crippen molar-refractivity contribution < 1.29 is 28.2 Å². The Balaban J connectivity index is 1.86. The van der Waals surface area contributed by atoms with Crippen molar-refractivity contribution in [1.29, 1.82) is 0 Å². The van der Waals surface area contributed by atoms with Crippen LogP contribution in [0.1, 0.15) is 18.4 Å². The number of methoxy groups -OCH3 is 2. The predicted molar refractivity (Wildman–Crippen MR) is 95.5 cm³/mol. The smallest absolute Gasteiger partial charge is 0.328 e. The molecule has 1 heterocycles. The van der Waals surface area contributed by atoms with Crippen LogP contribution in [0.15, 0.2) is 24.4 Å². The summed E-state index contributed by atoms with van der Waals surface area (Å²) in [7, 11) is 2.44. The number of benzene rings is 1. The Kier molecular flexibility index (Phi) is 7.16. The summed E-state index contributed by atoms with van der Waals surface area (Å²) in [4.78, 5) is 38.0. The zero-order chi connectivity index (χ0) is 19.8. The predicted octanol–water partition coefficient (Wildman–Crippen LogP) is 1.64. The second kappa shape index (κ2) is 9.56. The Labute approximate surface area is 155 Å². The Morgan fingerprint density at radius 3 is 2.70 bits per heavy atom. The molecule has 0 bridgehead atoms. The molecule has 0 spiro atoms. The molecular weight excluding hydrogens is 357 g/mol. The Morgan fingerprint density at radius 1 is 1.22 bits per heavy atom. The fourth-order valence-corrected chi connectivity index (χ4v) is 2.63. The van der Waals surface area contributed by atoms with Crippen LogP contribution < -0.4 is 10.6 Å². The van der Waals surface area contributed by atoms with Gasteiger partial charge in [0.1, 0.15) is 11.9 Å². The largest absolute Gasteiger partial charge is 0.469 e. The van der Waals surface area contributed by atoms with Crippen LogP contribution in [0.3, 0.4) is 0 Å². The van der Waals surface area contributed by atoms with Gasteiger partial charge in [0.05, 0.1) is 14.2 Å². The van der Waals surface area contributed by atoms with Gasteiger partial charge in [-0.2, -0.15) is 0 Å². The number of H-pyrrole nitrogens is 1. The topological polar surface area (TPSA) is 110 Å². The molecule has 2 amide bonds. The Bertz CT molecular complexity index is 820. The number of fused-ring (bicyclic) bond motifs is 1. The van der Waals surface area contributed by atoms with Crippen LogP contribution in [0.25, 0.3) is 10.9 Å². The number of carbonyl (C=O) groups is 3. The molecule has 0 aliphatic heterocycles. The summed E-state index contributed by atoms with van der Waals surface area (Å²) < 4.78 is 22.5. The monoisotopic (exact) mass is 379 g/mol. The van der Waals surface area contributed by atoms with Crippen LogP contribution in [-0.4, -0.2) is 49.8 Å². The van der Waals surface area contributed by atoms with Crippen LogP contribution in [0.5, 0.6) is 0 Å². The van der Waals surface area contributed by atoms with Crippen LogP contribution in [0.2, 0.25) is 0 Å². The molecule has 8 nitrogen and oxygen atoms in total. The van der Waals surface area contributed by atoms with E-state index in [0.29, 0.717) is 6.42 Å². The van der Waals surface area contributed by atoms with Gasteiger partial charge in [0.25, 0.3) is 0 Å². The van der Waals surface area contributed by atoms with Gasteiger partial charge in [0, 0.05) is 30.1 Å². The summed E-state index contributed by atoms with van der Waals surface area (Å²) in [5.74, 6) is -1.47. The maximum absolute atomic E-state index is 13.4. The highest BCUT2D eigenvalue weighted by Crippen LogP contribution is 2.19. The van der Waals surface area contributed by atoms with E-state index in [1.165, 1.54) is 26.4 Å². The summed E-state index contributed by atoms with van der Waals surface area (Å²) >= 11 is 0. The highest BCUT2D eigenvalue weighted by molar-refractivity contribution is 5.85. The van der Waals surface area contributed by atoms with E-state index in [0.717, 1.165) is 16.5 Å². The molecule has 9 heteroatoms. The van der Waals surface area contributed by atoms with E-state index >= 15 is 0 Å². The number of aromatic nitrogens is 1. The number of hydrogen-bond donors (Lipinski definition) is 3. The number of ether oxygens (including phenoxy) is 2. The molecule has 2 aromatic rings. The molecular formula is C18H22FN3O5. The molecule has 1 unspecified atom stereocenters. The molecule has 1 aromatic carbocycles. The third-order valence-corrected chi connectivity index (χ3v) is 4.07. The minimum absolute atomic E-state index is 0.0303. The summed E-state index contributed by atoms with van der Waals surface area (Å²) in [6, 6.07) is 2.92. The van der Waals surface area contributed by atoms with Crippen LogP contribution in [-0.2, 0) is 25.5 Å². The second-order valence-electron chi connectivity index (χ2n) is 5.84. The molecule has 146 valence electrons. The van der Waals surface area contributed by atoms with E-state index in [4.69, 9.17) is 0 Å². The third-order valence-electron chi connectivity index (χ3n) is 4.07. The summed E-state index contributed by atoms with van der Waals surface area (Å²) in [6.45, 7) is 0.278. The number of amides is 2. The Hall–Kier alpha value is -3.10. The molecule has 0 radical (unpaired) electrons. The van der Waals surface area contributed by atoms with Gasteiger partial charge in [-0.3, -0.25) is 4.79 Å². The Morgan fingerprint density at radius 2 is 2.00 bits per heavy atom. The van der Waals surface area contributed by atoms with Crippen LogP contribution >= 0.6 is 0 Å². The summed E-state index contributed by atoms with van der Waals surface area (Å²) in [5, 5.41) is 5.86. The lowest BCUT2D eigenvalue weighted by Gasteiger charge is -2.16. The van der Waals surface area contributed by atoms with Crippen molar-refractivity contribution in [2.75, 3.05) is 20.8 Å². The minimum Gasteiger partial charge on any atom is -0.469 e. The number of nitrogens with one attached hydrogen (secondary N) is 3. The van der Waals surface area contributed by atoms with Gasteiger partial charge in [0.15, 0.2) is 0 Å². The van der Waals surface area contributed by atoms with E-state index in [2.05, 4.69) is 25.1 Å². The zero-order valence-corrected chi connectivity index (χ0v) is 15.1. The van der Waals surface area contributed by atoms with Crippen LogP contribution in [0, 0.1) is 5.82 Å². The number of esters is 2. The molecule has 1 aromatic heterocycles. The first kappa shape index (κ1) is 20.2. The molecule has 3 N–H and O–H groups in total. The lowest BCUT2D eigenvalue weighted by molar-refractivity contribution is -0.144. The van der Waals surface area contributed by atoms with Crippen molar-refractivity contribution in [2.45, 2.75) is 25.3 Å². The van der Waals surface area contributed by atoms with Gasteiger partial charge in [-0.05, 0) is 36.6 Å². The first-order valence-electron chi connectivity index (χ1n) is 8.39. The van der Waals surface area contributed by atoms with Crippen molar-refractivity contribution in [1.82, 2.24) is 15.6 Å². The average molecular weight is 379 g/mol. The third kappa shape index (κ3) is 5.70. The lowest BCUT2D eigenvalue weighted by Crippen LogP contribution is -2.47. The first-order chi connectivity index (χ1) is 12.9. The normalized spacial score (nSPS) is 11.7. The maximum atomic E-state index is 13.4. The molecule has 27 heavy (non-hydrogen) atoms. The zero-order valence-electron chi connectivity index (χ0n) is 15.1. The van der Waals surface area contributed by atoms with Crippen LogP contribution in [0.4, 0.5) is 9.18 Å². The van der Waals surface area contributed by atoms with E-state index in [-0.39, 0.29) is 25.2 Å². The summed E-state index contributed by atoms with van der Waals surface area (Å²) in [5.41, 5.74) is 1.67. The van der Waals surface area contributed by atoms with Gasteiger partial charge in [-0.15, -0.1) is 0 Å². The van der Waals surface area contributed by atoms with Gasteiger partial charge >= 0.3 is 18.0 Å². The molecule has 0 saturated carbocycles. The SMILES string of the molecule is COC(=O)CCC(NC(=O)NCCc1c[nH]c2ccc(F)cc12)C(=O)OC. The fourth-order valence-electron chi connectivity index (χ4n) is 2.63. The molecule has 0 saturated heterocycles. The second-order valence-corrected chi connectivity index (χ2v) is 5.84. The minimum atomic E-state index is -0.962. The van der Waals surface area contributed by atoms with Gasteiger partial charge in [-0.25, -0.2) is 14.0 Å². The highest BCUT2D eigenvalue weighted by Gasteiger charge is 2.22. The first-order valence-corrected chi connectivity index (χ1v) is 8.39. The van der Waals surface area contributed by atoms with E-state index in [1.54, 1.807) is 12.3 Å². The molecule has 0 aliphatic rings. The van der Waals surface area contributed by atoms with Crippen molar-refractivity contribution >= 4 is 28.9 Å². The number of carbonyl (C=O) groups excluding carboxylic acids is 3. The number of aromatic amines is 1. The van der Waals surface area contributed by atoms with E-state index in [1.807, 2.05) is 0 Å². The highest BCUT2D eigenvalue weighted by atomic mass is 19.1. The number of urea groups is 1. The summed E-state index contributed by atoms with van der Waals surface area (Å²) in [6.07, 6.45) is 2.27. The molecule has 0 aliphatic carbocycles. The van der Waals surface area contributed by atoms with Gasteiger partial charge in [-0.1, -0.05) is 0 Å². The number of halogens is 1. The van der Waals surface area contributed by atoms with Gasteiger partial charge in [0.2, 0.25) is 0 Å². The lowest BCUT2D eigenvalue weighted by atomic mass is 10.1. The number of hydrogen-bond acceptors (Lipinski definition) is 5. The van der Waals surface area contributed by atoms with Crippen molar-refractivity contribution in [2.24, 2.45) is 0 Å².